The first-order valence-electron chi connectivity index (χ1n) is 5.82. The Labute approximate surface area is 114 Å². The molecule has 104 valence electrons. The van der Waals surface area contributed by atoms with Crippen LogP contribution < -0.4 is 21.7 Å². The molecule has 1 aromatic heterocycles. The summed E-state index contributed by atoms with van der Waals surface area (Å²) >= 11 is 1.09. The van der Waals surface area contributed by atoms with Gasteiger partial charge in [-0.25, -0.2) is 0 Å². The Morgan fingerprint density at radius 1 is 1.53 bits per heavy atom. The number of hydrogen-bond acceptors (Lipinski definition) is 6. The van der Waals surface area contributed by atoms with Crippen LogP contribution in [0.15, 0.2) is 0 Å². The monoisotopic (exact) mass is 284 g/mol. The van der Waals surface area contributed by atoms with Gasteiger partial charge in [-0.2, -0.15) is 0 Å². The Morgan fingerprint density at radius 2 is 2.21 bits per heavy atom. The summed E-state index contributed by atoms with van der Waals surface area (Å²) in [6.45, 7) is 1.03. The fraction of sp³-hybridized carbons (Fsp3) is 0.455. The minimum atomic E-state index is -0.654. The van der Waals surface area contributed by atoms with Gasteiger partial charge in [-0.1, -0.05) is 0 Å². The van der Waals surface area contributed by atoms with E-state index in [2.05, 4.69) is 5.32 Å². The van der Waals surface area contributed by atoms with Crippen molar-refractivity contribution in [3.05, 3.63) is 10.4 Å². The lowest BCUT2D eigenvalue weighted by Gasteiger charge is -2.17. The number of thiophene rings is 1. The summed E-state index contributed by atoms with van der Waals surface area (Å²) in [5, 5.41) is 12.7. The zero-order valence-electron chi connectivity index (χ0n) is 10.5. The second-order valence-corrected chi connectivity index (χ2v) is 5.36. The van der Waals surface area contributed by atoms with Crippen molar-refractivity contribution in [2.24, 2.45) is 5.73 Å². The number of nitrogens with two attached hydrogens (primary N) is 2. The average molecular weight is 284 g/mol. The van der Waals surface area contributed by atoms with Crippen molar-refractivity contribution in [1.82, 2.24) is 5.32 Å². The molecule has 1 aliphatic rings. The number of anilines is 2. The summed E-state index contributed by atoms with van der Waals surface area (Å²) < 4.78 is 0. The highest BCUT2D eigenvalue weighted by Gasteiger charge is 2.30. The van der Waals surface area contributed by atoms with Crippen molar-refractivity contribution in [2.75, 3.05) is 30.8 Å². The van der Waals surface area contributed by atoms with Crippen molar-refractivity contribution in [3.63, 3.8) is 0 Å². The first kappa shape index (κ1) is 13.6. The maximum Gasteiger partial charge on any atom is 0.260 e. The number of β-amino-alcohol motifs (C(OH)–C–C–N with tert-alkyl or cyclic N) is 1. The van der Waals surface area contributed by atoms with Gasteiger partial charge in [0.05, 0.1) is 17.4 Å². The molecule has 1 aromatic rings. The normalized spacial score (nSPS) is 18.6. The SMILES string of the molecule is CNC(=O)c1c(N2CCC(O)C2)sc(C(N)=O)c1N. The van der Waals surface area contributed by atoms with Gasteiger partial charge in [0.15, 0.2) is 0 Å². The molecule has 2 heterocycles. The minimum absolute atomic E-state index is 0.105. The van der Waals surface area contributed by atoms with Gasteiger partial charge in [0.2, 0.25) is 0 Å². The number of nitrogens with one attached hydrogen (secondary N) is 1. The first-order valence-corrected chi connectivity index (χ1v) is 6.64. The van der Waals surface area contributed by atoms with Crippen molar-refractivity contribution in [1.29, 1.82) is 0 Å². The lowest BCUT2D eigenvalue weighted by molar-refractivity contribution is 0.0964. The van der Waals surface area contributed by atoms with Gasteiger partial charge in [-0.15, -0.1) is 11.3 Å². The molecule has 1 fully saturated rings. The van der Waals surface area contributed by atoms with Crippen LogP contribution in [-0.4, -0.2) is 43.2 Å². The number of aliphatic hydroxyl groups excluding tert-OH is 1. The molecule has 1 saturated heterocycles. The highest BCUT2D eigenvalue weighted by Crippen LogP contribution is 2.39. The number of amides is 2. The summed E-state index contributed by atoms with van der Waals surface area (Å²) in [6, 6.07) is 0. The van der Waals surface area contributed by atoms with E-state index < -0.39 is 12.0 Å². The maximum absolute atomic E-state index is 11.9. The van der Waals surface area contributed by atoms with Gasteiger partial charge in [0.1, 0.15) is 9.88 Å². The molecule has 19 heavy (non-hydrogen) atoms. The molecule has 2 amide bonds. The molecule has 1 unspecified atom stereocenters. The minimum Gasteiger partial charge on any atom is -0.397 e. The maximum atomic E-state index is 11.9. The zero-order valence-corrected chi connectivity index (χ0v) is 11.3. The summed E-state index contributed by atoms with van der Waals surface area (Å²) in [4.78, 5) is 25.3. The molecule has 0 radical (unpaired) electrons. The molecule has 6 N–H and O–H groups in total. The van der Waals surface area contributed by atoms with Crippen molar-refractivity contribution >= 4 is 33.8 Å². The summed E-state index contributed by atoms with van der Waals surface area (Å²) in [5.41, 5.74) is 11.5. The highest BCUT2D eigenvalue weighted by molar-refractivity contribution is 7.19. The van der Waals surface area contributed by atoms with Crippen molar-refractivity contribution in [3.8, 4) is 0 Å². The summed E-state index contributed by atoms with van der Waals surface area (Å²) in [5.74, 6) is -1.02. The van der Waals surface area contributed by atoms with E-state index in [0.717, 1.165) is 11.3 Å². The van der Waals surface area contributed by atoms with Gasteiger partial charge < -0.3 is 26.8 Å². The van der Waals surface area contributed by atoms with E-state index in [1.165, 1.54) is 7.05 Å². The lowest BCUT2D eigenvalue weighted by Crippen LogP contribution is -2.25. The second kappa shape index (κ2) is 5.06. The number of hydrogen-bond donors (Lipinski definition) is 4. The fourth-order valence-electron chi connectivity index (χ4n) is 2.11. The molecule has 1 atom stereocenters. The number of carbonyl (C=O) groups excluding carboxylic acids is 2. The third kappa shape index (κ3) is 2.36. The molecular weight excluding hydrogens is 268 g/mol. The third-order valence-corrected chi connectivity index (χ3v) is 4.34. The van der Waals surface area contributed by atoms with Crippen molar-refractivity contribution < 1.29 is 14.7 Å². The Hall–Kier alpha value is -1.80. The highest BCUT2D eigenvalue weighted by atomic mass is 32.1. The predicted octanol–water partition coefficient (Wildman–Crippen LogP) is -0.640. The molecule has 0 saturated carbocycles. The molecule has 7 nitrogen and oxygen atoms in total. The zero-order chi connectivity index (χ0) is 14.2. The number of aliphatic hydroxyl groups is 1. The van der Waals surface area contributed by atoms with Crippen LogP contribution in [0.3, 0.4) is 0 Å². The molecule has 0 spiro atoms. The molecule has 2 rings (SSSR count). The number of nitrogens with zero attached hydrogens (tertiary/aromatic N) is 1. The van der Waals surface area contributed by atoms with Crippen LogP contribution in [0.1, 0.15) is 26.5 Å². The number of rotatable bonds is 3. The van der Waals surface area contributed by atoms with Gasteiger partial charge in [0, 0.05) is 20.1 Å². The van der Waals surface area contributed by atoms with Crippen LogP contribution >= 0.6 is 11.3 Å². The van der Waals surface area contributed by atoms with E-state index in [1.807, 2.05) is 4.90 Å². The summed E-state index contributed by atoms with van der Waals surface area (Å²) in [6.07, 6.45) is 0.189. The Bertz CT molecular complexity index is 528. The molecule has 0 aromatic carbocycles. The standard InChI is InChI=1S/C11H16N4O3S/c1-14-10(18)6-7(12)8(9(13)17)19-11(6)15-3-2-5(16)4-15/h5,16H,2-4,12H2,1H3,(H2,13,17)(H,14,18). The van der Waals surface area contributed by atoms with Gasteiger partial charge >= 0.3 is 0 Å². The Balaban J connectivity index is 2.49. The lowest BCUT2D eigenvalue weighted by atomic mass is 10.2. The van der Waals surface area contributed by atoms with Gasteiger partial charge in [-0.3, -0.25) is 9.59 Å². The Kier molecular flexibility index (Phi) is 3.63. The largest absolute Gasteiger partial charge is 0.397 e. The average Bonchev–Trinajstić information content (AvgIpc) is 2.92. The van der Waals surface area contributed by atoms with Gasteiger partial charge in [0.25, 0.3) is 11.8 Å². The van der Waals surface area contributed by atoms with E-state index in [-0.39, 0.29) is 22.0 Å². The molecule has 0 bridgehead atoms. The Morgan fingerprint density at radius 3 is 2.68 bits per heavy atom. The predicted molar refractivity (Wildman–Crippen MR) is 73.5 cm³/mol. The number of carbonyl (C=O) groups is 2. The van der Waals surface area contributed by atoms with Crippen LogP contribution in [0.2, 0.25) is 0 Å². The second-order valence-electron chi connectivity index (χ2n) is 4.36. The van der Waals surface area contributed by atoms with E-state index in [9.17, 15) is 14.7 Å². The molecule has 1 aliphatic heterocycles. The number of nitrogen functional groups attached to an aromatic ring is 1. The van der Waals surface area contributed by atoms with E-state index in [1.54, 1.807) is 0 Å². The van der Waals surface area contributed by atoms with Crippen LogP contribution in [0.5, 0.6) is 0 Å². The molecular formula is C11H16N4O3S. The van der Waals surface area contributed by atoms with Crippen molar-refractivity contribution in [2.45, 2.75) is 12.5 Å². The fourth-order valence-corrected chi connectivity index (χ4v) is 3.21. The topological polar surface area (TPSA) is 122 Å². The molecule has 0 aliphatic carbocycles. The van der Waals surface area contributed by atoms with E-state index in [4.69, 9.17) is 11.5 Å². The first-order chi connectivity index (χ1) is 8.95. The summed E-state index contributed by atoms with van der Waals surface area (Å²) in [7, 11) is 1.49. The van der Waals surface area contributed by atoms with Gasteiger partial charge in [-0.05, 0) is 6.42 Å². The van der Waals surface area contributed by atoms with Crippen LogP contribution in [0.25, 0.3) is 0 Å². The van der Waals surface area contributed by atoms with Crippen LogP contribution in [0, 0.1) is 0 Å². The van der Waals surface area contributed by atoms with Crippen LogP contribution in [-0.2, 0) is 0 Å². The quantitative estimate of drug-likeness (QED) is 0.588. The van der Waals surface area contributed by atoms with Crippen LogP contribution in [0.4, 0.5) is 10.7 Å². The van der Waals surface area contributed by atoms with E-state index in [0.29, 0.717) is 24.5 Å². The third-order valence-electron chi connectivity index (χ3n) is 3.06. The van der Waals surface area contributed by atoms with E-state index >= 15 is 0 Å². The molecule has 8 heteroatoms. The smallest absolute Gasteiger partial charge is 0.260 e. The number of primary amides is 1.